The molecule has 0 amide bonds. The molecular weight excluding hydrogens is 190 g/mol. The molecule has 15 heavy (non-hydrogen) atoms. The number of unbranched alkanes of at least 4 members (excludes halogenated alkanes) is 1. The Balaban J connectivity index is 2.36. The lowest BCUT2D eigenvalue weighted by molar-refractivity contribution is 0.107. The van der Waals surface area contributed by atoms with Crippen molar-refractivity contribution in [2.45, 2.75) is 12.8 Å². The van der Waals surface area contributed by atoms with Gasteiger partial charge in [-0.15, -0.1) is 0 Å². The van der Waals surface area contributed by atoms with E-state index in [1.807, 2.05) is 18.2 Å². The molecule has 0 saturated carbocycles. The van der Waals surface area contributed by atoms with Crippen molar-refractivity contribution in [3.8, 4) is 0 Å². The molecule has 1 N–H and O–H groups in total. The zero-order valence-corrected chi connectivity index (χ0v) is 8.60. The summed E-state index contributed by atoms with van der Waals surface area (Å²) >= 11 is 0. The summed E-state index contributed by atoms with van der Waals surface area (Å²) in [6.45, 7) is 0.779. The summed E-state index contributed by atoms with van der Waals surface area (Å²) in [6, 6.07) is 9.05. The SMILES string of the molecule is O=C(C=NCCCCO)c1ccccc1. The number of hydrogen-bond donors (Lipinski definition) is 1. The van der Waals surface area contributed by atoms with Gasteiger partial charge in [0.25, 0.3) is 0 Å². The van der Waals surface area contributed by atoms with E-state index < -0.39 is 0 Å². The molecule has 0 radical (unpaired) electrons. The van der Waals surface area contributed by atoms with Crippen LogP contribution in [-0.4, -0.2) is 30.3 Å². The largest absolute Gasteiger partial charge is 0.396 e. The fraction of sp³-hybridized carbons (Fsp3) is 0.333. The molecule has 1 aromatic rings. The number of aliphatic imine (C=N–C) groups is 1. The minimum atomic E-state index is -0.0698. The number of hydrogen-bond acceptors (Lipinski definition) is 3. The van der Waals surface area contributed by atoms with Crippen molar-refractivity contribution in [1.82, 2.24) is 0 Å². The van der Waals surface area contributed by atoms with E-state index in [-0.39, 0.29) is 12.4 Å². The van der Waals surface area contributed by atoms with Gasteiger partial charge in [-0.05, 0) is 12.8 Å². The average molecular weight is 205 g/mol. The maximum atomic E-state index is 11.5. The second-order valence-corrected chi connectivity index (χ2v) is 3.20. The highest BCUT2D eigenvalue weighted by Crippen LogP contribution is 1.98. The molecule has 0 aromatic heterocycles. The Kier molecular flexibility index (Phi) is 5.33. The van der Waals surface area contributed by atoms with Crippen molar-refractivity contribution in [3.05, 3.63) is 35.9 Å². The van der Waals surface area contributed by atoms with Crippen molar-refractivity contribution < 1.29 is 9.90 Å². The fourth-order valence-electron chi connectivity index (χ4n) is 1.14. The third kappa shape index (κ3) is 4.51. The van der Waals surface area contributed by atoms with Gasteiger partial charge in [0.2, 0.25) is 5.78 Å². The van der Waals surface area contributed by atoms with Crippen LogP contribution in [-0.2, 0) is 0 Å². The molecule has 1 aromatic carbocycles. The number of carbonyl (C=O) groups excluding carboxylic acids is 1. The minimum Gasteiger partial charge on any atom is -0.396 e. The van der Waals surface area contributed by atoms with E-state index in [4.69, 9.17) is 5.11 Å². The first-order chi connectivity index (χ1) is 7.34. The molecule has 3 heteroatoms. The normalized spacial score (nSPS) is 10.7. The quantitative estimate of drug-likeness (QED) is 0.436. The summed E-state index contributed by atoms with van der Waals surface area (Å²) < 4.78 is 0. The van der Waals surface area contributed by atoms with Gasteiger partial charge < -0.3 is 5.11 Å². The van der Waals surface area contributed by atoms with E-state index >= 15 is 0 Å². The van der Waals surface area contributed by atoms with Crippen LogP contribution < -0.4 is 0 Å². The number of carbonyl (C=O) groups is 1. The molecule has 0 unspecified atom stereocenters. The highest BCUT2D eigenvalue weighted by Gasteiger charge is 1.99. The molecule has 0 fully saturated rings. The fourth-order valence-corrected chi connectivity index (χ4v) is 1.14. The van der Waals surface area contributed by atoms with Crippen LogP contribution in [0.1, 0.15) is 23.2 Å². The number of Topliss-reactive ketones (excluding diaryl/α,β-unsaturated/α-hetero) is 1. The predicted molar refractivity (Wildman–Crippen MR) is 60.5 cm³/mol. The number of aliphatic hydroxyl groups excluding tert-OH is 1. The first kappa shape index (κ1) is 11.6. The monoisotopic (exact) mass is 205 g/mol. The van der Waals surface area contributed by atoms with Crippen LogP contribution in [0.25, 0.3) is 0 Å². The Bertz CT molecular complexity index is 320. The Hall–Kier alpha value is -1.48. The summed E-state index contributed by atoms with van der Waals surface area (Å²) in [6.07, 6.45) is 2.90. The lowest BCUT2D eigenvalue weighted by atomic mass is 10.1. The van der Waals surface area contributed by atoms with Gasteiger partial charge in [0.1, 0.15) is 0 Å². The third-order valence-electron chi connectivity index (χ3n) is 1.96. The van der Waals surface area contributed by atoms with Crippen molar-refractivity contribution in [2.24, 2.45) is 4.99 Å². The van der Waals surface area contributed by atoms with Gasteiger partial charge in [0, 0.05) is 18.7 Å². The van der Waals surface area contributed by atoms with Crippen LogP contribution in [0.15, 0.2) is 35.3 Å². The third-order valence-corrected chi connectivity index (χ3v) is 1.96. The second-order valence-electron chi connectivity index (χ2n) is 3.20. The molecule has 0 aliphatic carbocycles. The van der Waals surface area contributed by atoms with E-state index in [0.29, 0.717) is 12.1 Å². The van der Waals surface area contributed by atoms with Gasteiger partial charge >= 0.3 is 0 Å². The molecule has 0 bridgehead atoms. The Morgan fingerprint density at radius 2 is 2.00 bits per heavy atom. The zero-order valence-electron chi connectivity index (χ0n) is 8.60. The maximum Gasteiger partial charge on any atom is 0.203 e. The maximum absolute atomic E-state index is 11.5. The molecule has 0 aliphatic rings. The number of benzene rings is 1. The molecule has 80 valence electrons. The van der Waals surface area contributed by atoms with E-state index in [2.05, 4.69) is 4.99 Å². The van der Waals surface area contributed by atoms with Gasteiger partial charge in [-0.25, -0.2) is 0 Å². The molecule has 0 spiro atoms. The Morgan fingerprint density at radius 1 is 1.27 bits per heavy atom. The number of nitrogens with zero attached hydrogens (tertiary/aromatic N) is 1. The molecule has 0 atom stereocenters. The zero-order chi connectivity index (χ0) is 10.9. The van der Waals surface area contributed by atoms with E-state index in [1.165, 1.54) is 6.21 Å². The van der Waals surface area contributed by atoms with E-state index in [0.717, 1.165) is 12.8 Å². The van der Waals surface area contributed by atoms with Crippen molar-refractivity contribution >= 4 is 12.0 Å². The van der Waals surface area contributed by atoms with Crippen LogP contribution in [0.2, 0.25) is 0 Å². The van der Waals surface area contributed by atoms with Crippen LogP contribution in [0.4, 0.5) is 0 Å². The van der Waals surface area contributed by atoms with Gasteiger partial charge in [0.15, 0.2) is 0 Å². The lowest BCUT2D eigenvalue weighted by Gasteiger charge is -1.94. The van der Waals surface area contributed by atoms with Gasteiger partial charge in [-0.3, -0.25) is 9.79 Å². The summed E-state index contributed by atoms with van der Waals surface area (Å²) in [7, 11) is 0. The first-order valence-corrected chi connectivity index (χ1v) is 5.04. The van der Waals surface area contributed by atoms with Gasteiger partial charge in [0.05, 0.1) is 6.21 Å². The molecule has 0 saturated heterocycles. The Labute approximate surface area is 89.5 Å². The van der Waals surface area contributed by atoms with Crippen LogP contribution in [0.3, 0.4) is 0 Å². The number of aliphatic hydroxyl groups is 1. The molecule has 3 nitrogen and oxygen atoms in total. The first-order valence-electron chi connectivity index (χ1n) is 5.04. The van der Waals surface area contributed by atoms with Crippen LogP contribution in [0, 0.1) is 0 Å². The van der Waals surface area contributed by atoms with Crippen molar-refractivity contribution in [2.75, 3.05) is 13.2 Å². The summed E-state index contributed by atoms with van der Waals surface area (Å²) in [5.41, 5.74) is 0.656. The smallest absolute Gasteiger partial charge is 0.203 e. The molecular formula is C12H15NO2. The standard InChI is InChI=1S/C12H15NO2/c14-9-5-4-8-13-10-12(15)11-6-2-1-3-7-11/h1-3,6-7,10,14H,4-5,8-9H2. The Morgan fingerprint density at radius 3 is 2.67 bits per heavy atom. The highest BCUT2D eigenvalue weighted by molar-refractivity contribution is 6.35. The highest BCUT2D eigenvalue weighted by atomic mass is 16.2. The van der Waals surface area contributed by atoms with Crippen molar-refractivity contribution in [3.63, 3.8) is 0 Å². The molecule has 0 heterocycles. The predicted octanol–water partition coefficient (Wildman–Crippen LogP) is 1.71. The molecule has 1 rings (SSSR count). The topological polar surface area (TPSA) is 49.7 Å². The second kappa shape index (κ2) is 6.90. The van der Waals surface area contributed by atoms with Gasteiger partial charge in [-0.2, -0.15) is 0 Å². The van der Waals surface area contributed by atoms with E-state index in [1.54, 1.807) is 12.1 Å². The number of rotatable bonds is 6. The number of ketones is 1. The average Bonchev–Trinajstić information content (AvgIpc) is 2.30. The van der Waals surface area contributed by atoms with Crippen LogP contribution >= 0.6 is 0 Å². The van der Waals surface area contributed by atoms with Gasteiger partial charge in [-0.1, -0.05) is 30.3 Å². The summed E-state index contributed by atoms with van der Waals surface area (Å²) in [5, 5.41) is 8.53. The minimum absolute atomic E-state index is 0.0698. The summed E-state index contributed by atoms with van der Waals surface area (Å²) in [4.78, 5) is 15.5. The van der Waals surface area contributed by atoms with Crippen molar-refractivity contribution in [1.29, 1.82) is 0 Å². The summed E-state index contributed by atoms with van der Waals surface area (Å²) in [5.74, 6) is -0.0698. The molecule has 0 aliphatic heterocycles. The lowest BCUT2D eigenvalue weighted by Crippen LogP contribution is -2.00. The van der Waals surface area contributed by atoms with Crippen LogP contribution in [0.5, 0.6) is 0 Å². The van der Waals surface area contributed by atoms with E-state index in [9.17, 15) is 4.79 Å².